The molecule has 1 spiro atoms. The molecule has 1 aromatic heterocycles. The molecule has 4 rings (SSSR count). The molecule has 1 atom stereocenters. The minimum absolute atomic E-state index is 0.0316. The number of thiazole rings is 1. The van der Waals surface area contributed by atoms with E-state index in [1.165, 1.54) is 40.2 Å². The molecular formula is C20H23F3N4O3S2. The molecule has 0 amide bonds. The topological polar surface area (TPSA) is 75.1 Å². The van der Waals surface area contributed by atoms with Crippen LogP contribution in [0.25, 0.3) is 10.6 Å². The molecule has 0 N–H and O–H groups in total. The molecule has 7 nitrogen and oxygen atoms in total. The van der Waals surface area contributed by atoms with Gasteiger partial charge in [-0.05, 0) is 36.8 Å². The van der Waals surface area contributed by atoms with Crippen molar-refractivity contribution in [3.05, 3.63) is 35.3 Å². The summed E-state index contributed by atoms with van der Waals surface area (Å²) >= 11 is 1.38. The Labute approximate surface area is 188 Å². The smallest absolute Gasteiger partial charge is 0.406 e. The summed E-state index contributed by atoms with van der Waals surface area (Å²) in [7, 11) is -0.258. The van der Waals surface area contributed by atoms with E-state index in [-0.39, 0.29) is 17.1 Å². The lowest BCUT2D eigenvalue weighted by molar-refractivity contribution is -0.274. The molecule has 1 aromatic carbocycles. The zero-order valence-electron chi connectivity index (χ0n) is 17.5. The zero-order valence-corrected chi connectivity index (χ0v) is 19.2. The standard InChI is InChI=1S/C20H23F3N4O3S2/c1-26(2)13-24-32(28,29)27-8-6-19(7-9-27)11-16(19)17-12-31-18(25-17)14-4-3-5-15(10-14)30-20(21,22)23/h3-5,10,12-13,16H,6-9,11H2,1-2H3. The number of piperidine rings is 1. The van der Waals surface area contributed by atoms with Crippen LogP contribution in [-0.2, 0) is 10.2 Å². The summed E-state index contributed by atoms with van der Waals surface area (Å²) in [6.45, 7) is 0.828. The molecule has 174 valence electrons. The largest absolute Gasteiger partial charge is 0.573 e. The molecule has 2 fully saturated rings. The van der Waals surface area contributed by atoms with E-state index in [2.05, 4.69) is 14.1 Å². The van der Waals surface area contributed by atoms with Crippen LogP contribution in [0.5, 0.6) is 5.75 Å². The third-order valence-corrected chi connectivity index (χ3v) is 8.13. The normalized spacial score (nSPS) is 21.2. The quantitative estimate of drug-likeness (QED) is 0.452. The molecule has 0 radical (unpaired) electrons. The van der Waals surface area contributed by atoms with Crippen LogP contribution >= 0.6 is 11.3 Å². The number of hydrogen-bond acceptors (Lipinski definition) is 5. The first-order valence-corrected chi connectivity index (χ1v) is 12.3. The molecule has 2 aliphatic rings. The Bertz CT molecular complexity index is 1110. The van der Waals surface area contributed by atoms with Crippen molar-refractivity contribution in [2.75, 3.05) is 27.2 Å². The fourth-order valence-electron chi connectivity index (χ4n) is 4.11. The van der Waals surface area contributed by atoms with Gasteiger partial charge < -0.3 is 9.64 Å². The van der Waals surface area contributed by atoms with Gasteiger partial charge in [-0.3, -0.25) is 0 Å². The Hall–Kier alpha value is -2.18. The number of rotatable bonds is 6. The molecule has 12 heteroatoms. The van der Waals surface area contributed by atoms with Crippen LogP contribution in [0, 0.1) is 5.41 Å². The minimum Gasteiger partial charge on any atom is -0.406 e. The summed E-state index contributed by atoms with van der Waals surface area (Å²) in [6, 6.07) is 5.79. The highest BCUT2D eigenvalue weighted by Crippen LogP contribution is 2.65. The van der Waals surface area contributed by atoms with Gasteiger partial charge in [0.15, 0.2) is 0 Å². The molecule has 0 bridgehead atoms. The number of benzene rings is 1. The van der Waals surface area contributed by atoms with E-state index in [4.69, 9.17) is 0 Å². The van der Waals surface area contributed by atoms with Crippen molar-refractivity contribution in [1.29, 1.82) is 0 Å². The first kappa shape index (κ1) is 23.0. The molecule has 1 saturated carbocycles. The second-order valence-corrected chi connectivity index (χ2v) is 10.8. The molecular weight excluding hydrogens is 465 g/mol. The fourth-order valence-corrected chi connectivity index (χ4v) is 6.06. The van der Waals surface area contributed by atoms with Crippen LogP contribution in [0.2, 0.25) is 0 Å². The van der Waals surface area contributed by atoms with E-state index >= 15 is 0 Å². The third kappa shape index (κ3) is 5.07. The van der Waals surface area contributed by atoms with Gasteiger partial charge in [-0.25, -0.2) is 4.98 Å². The molecule has 32 heavy (non-hydrogen) atoms. The van der Waals surface area contributed by atoms with Gasteiger partial charge in [0, 0.05) is 44.0 Å². The molecule has 2 aromatic rings. The molecule has 1 unspecified atom stereocenters. The van der Waals surface area contributed by atoms with Gasteiger partial charge in [-0.1, -0.05) is 12.1 Å². The second-order valence-electron chi connectivity index (χ2n) is 8.33. The van der Waals surface area contributed by atoms with Crippen molar-refractivity contribution in [3.8, 4) is 16.3 Å². The van der Waals surface area contributed by atoms with E-state index in [9.17, 15) is 21.6 Å². The van der Waals surface area contributed by atoms with Crippen molar-refractivity contribution in [1.82, 2.24) is 14.2 Å². The Morgan fingerprint density at radius 3 is 2.69 bits per heavy atom. The maximum atomic E-state index is 12.5. The molecule has 1 aliphatic carbocycles. The minimum atomic E-state index is -4.74. The van der Waals surface area contributed by atoms with Gasteiger partial charge >= 0.3 is 16.6 Å². The fraction of sp³-hybridized carbons (Fsp3) is 0.500. The molecule has 1 aliphatic heterocycles. The number of halogens is 3. The lowest BCUT2D eigenvalue weighted by Gasteiger charge is -2.30. The third-order valence-electron chi connectivity index (χ3n) is 5.84. The zero-order chi connectivity index (χ0) is 23.1. The van der Waals surface area contributed by atoms with Crippen LogP contribution in [0.4, 0.5) is 13.2 Å². The SMILES string of the molecule is CN(C)C=NS(=O)(=O)N1CCC2(CC1)CC2c1csc(-c2cccc(OC(F)(F)F)c2)n1. The van der Waals surface area contributed by atoms with E-state index in [1.54, 1.807) is 25.1 Å². The number of nitrogens with zero attached hydrogens (tertiary/aromatic N) is 4. The number of aromatic nitrogens is 1. The highest BCUT2D eigenvalue weighted by molar-refractivity contribution is 7.87. The number of hydrogen-bond donors (Lipinski definition) is 0. The maximum absolute atomic E-state index is 12.5. The van der Waals surface area contributed by atoms with Crippen LogP contribution in [0.1, 0.15) is 30.9 Å². The predicted molar refractivity (Wildman–Crippen MR) is 116 cm³/mol. The van der Waals surface area contributed by atoms with Crippen molar-refractivity contribution >= 4 is 27.9 Å². The van der Waals surface area contributed by atoms with Crippen molar-refractivity contribution in [2.45, 2.75) is 31.5 Å². The Morgan fingerprint density at radius 1 is 1.31 bits per heavy atom. The monoisotopic (exact) mass is 488 g/mol. The Kier molecular flexibility index (Phi) is 5.97. The summed E-state index contributed by atoms with van der Waals surface area (Å²) < 4.78 is 71.3. The van der Waals surface area contributed by atoms with E-state index in [0.717, 1.165) is 25.0 Å². The lowest BCUT2D eigenvalue weighted by Crippen LogP contribution is -2.38. The van der Waals surface area contributed by atoms with E-state index < -0.39 is 16.6 Å². The highest BCUT2D eigenvalue weighted by atomic mass is 32.2. The first-order valence-electron chi connectivity index (χ1n) is 10.0. The van der Waals surface area contributed by atoms with E-state index in [0.29, 0.717) is 23.7 Å². The summed E-state index contributed by atoms with van der Waals surface area (Å²) in [5, 5.41) is 2.57. The Morgan fingerprint density at radius 2 is 2.03 bits per heavy atom. The van der Waals surface area contributed by atoms with Gasteiger partial charge in [0.25, 0.3) is 0 Å². The van der Waals surface area contributed by atoms with Gasteiger partial charge in [0.1, 0.15) is 17.1 Å². The van der Waals surface area contributed by atoms with Gasteiger partial charge in [0.05, 0.1) is 5.69 Å². The van der Waals surface area contributed by atoms with Crippen LogP contribution in [0.15, 0.2) is 34.0 Å². The van der Waals surface area contributed by atoms with Crippen LogP contribution in [0.3, 0.4) is 0 Å². The van der Waals surface area contributed by atoms with Crippen molar-refractivity contribution in [3.63, 3.8) is 0 Å². The summed E-state index contributed by atoms with van der Waals surface area (Å²) in [5.41, 5.74) is 1.51. The van der Waals surface area contributed by atoms with E-state index in [1.807, 2.05) is 5.38 Å². The predicted octanol–water partition coefficient (Wildman–Crippen LogP) is 4.11. The van der Waals surface area contributed by atoms with Crippen molar-refractivity contribution in [2.24, 2.45) is 9.81 Å². The van der Waals surface area contributed by atoms with Crippen LogP contribution in [-0.4, -0.2) is 62.5 Å². The van der Waals surface area contributed by atoms with Gasteiger partial charge in [0.2, 0.25) is 0 Å². The van der Waals surface area contributed by atoms with Gasteiger partial charge in [-0.2, -0.15) is 12.7 Å². The Balaban J connectivity index is 1.41. The average molecular weight is 489 g/mol. The summed E-state index contributed by atoms with van der Waals surface area (Å²) in [6.07, 6.45) is -1.06. The number of alkyl halides is 3. The van der Waals surface area contributed by atoms with Crippen LogP contribution < -0.4 is 4.74 Å². The van der Waals surface area contributed by atoms with Crippen molar-refractivity contribution < 1.29 is 26.3 Å². The summed E-state index contributed by atoms with van der Waals surface area (Å²) in [5.74, 6) is -0.0441. The maximum Gasteiger partial charge on any atom is 0.573 e. The lowest BCUT2D eigenvalue weighted by atomic mass is 9.91. The van der Waals surface area contributed by atoms with Gasteiger partial charge in [-0.15, -0.1) is 28.9 Å². The highest BCUT2D eigenvalue weighted by Gasteiger charge is 2.57. The summed E-state index contributed by atoms with van der Waals surface area (Å²) in [4.78, 5) is 6.24. The average Bonchev–Trinajstić information content (AvgIpc) is 3.18. The molecule has 1 saturated heterocycles. The first-order chi connectivity index (χ1) is 15.0. The molecule has 2 heterocycles. The second kappa shape index (κ2) is 8.31. The number of ether oxygens (including phenoxy) is 1.